The van der Waals surface area contributed by atoms with Crippen molar-refractivity contribution < 1.29 is 19.3 Å². The number of aliphatic hydroxyl groups is 1. The Kier molecular flexibility index (Phi) is 11.7. The SMILES string of the molecule is CCNC(=NCc1ccc(OCCO)c(OC)c1)N1CCC(CN2CCOCC2)C1.I. The Bertz CT molecular complexity index is 685. The standard InChI is InChI=1S/C22H36N4O4.HI/c1-3-23-22(26-7-6-19(17-26)16-25-8-11-29-12-9-25)24-15-18-4-5-20(30-13-10-27)21(14-18)28-2;/h4-5,14,19,27H,3,6-13,15-17H2,1-2H3,(H,23,24);1H. The van der Waals surface area contributed by atoms with Gasteiger partial charge >= 0.3 is 0 Å². The molecular weight excluding hydrogens is 511 g/mol. The van der Waals surface area contributed by atoms with Crippen LogP contribution >= 0.6 is 24.0 Å². The maximum absolute atomic E-state index is 8.95. The van der Waals surface area contributed by atoms with Gasteiger partial charge in [-0.25, -0.2) is 4.99 Å². The van der Waals surface area contributed by atoms with Crippen molar-refractivity contribution in [2.45, 2.75) is 19.9 Å². The molecule has 1 atom stereocenters. The first kappa shape index (κ1) is 26.0. The van der Waals surface area contributed by atoms with Crippen LogP contribution in [0.3, 0.4) is 0 Å². The molecule has 2 heterocycles. The molecule has 0 aliphatic carbocycles. The summed E-state index contributed by atoms with van der Waals surface area (Å²) in [5, 5.41) is 12.4. The van der Waals surface area contributed by atoms with Crippen molar-refractivity contribution in [3.8, 4) is 11.5 Å². The number of aliphatic hydroxyl groups excluding tert-OH is 1. The Morgan fingerprint density at radius 1 is 1.26 bits per heavy atom. The van der Waals surface area contributed by atoms with Gasteiger partial charge in [-0.1, -0.05) is 6.07 Å². The molecule has 9 heteroatoms. The van der Waals surface area contributed by atoms with Crippen molar-refractivity contribution in [3.05, 3.63) is 23.8 Å². The van der Waals surface area contributed by atoms with E-state index in [1.54, 1.807) is 7.11 Å². The minimum Gasteiger partial charge on any atom is -0.493 e. The lowest BCUT2D eigenvalue weighted by molar-refractivity contribution is 0.0315. The first-order chi connectivity index (χ1) is 14.7. The largest absolute Gasteiger partial charge is 0.493 e. The van der Waals surface area contributed by atoms with Crippen molar-refractivity contribution in [2.24, 2.45) is 10.9 Å². The van der Waals surface area contributed by atoms with Crippen LogP contribution in [0.15, 0.2) is 23.2 Å². The average molecular weight is 548 g/mol. The summed E-state index contributed by atoms with van der Waals surface area (Å²) >= 11 is 0. The van der Waals surface area contributed by atoms with Crippen LogP contribution in [0.25, 0.3) is 0 Å². The van der Waals surface area contributed by atoms with Crippen molar-refractivity contribution >= 4 is 29.9 Å². The number of nitrogens with zero attached hydrogens (tertiary/aromatic N) is 3. The molecule has 1 aromatic carbocycles. The van der Waals surface area contributed by atoms with Crippen LogP contribution in [0.2, 0.25) is 0 Å². The molecule has 1 unspecified atom stereocenters. The van der Waals surface area contributed by atoms with E-state index in [2.05, 4.69) is 22.0 Å². The van der Waals surface area contributed by atoms with E-state index < -0.39 is 0 Å². The molecule has 0 radical (unpaired) electrons. The Balaban J connectivity index is 0.00000341. The maximum atomic E-state index is 8.95. The van der Waals surface area contributed by atoms with E-state index in [-0.39, 0.29) is 37.2 Å². The van der Waals surface area contributed by atoms with Crippen molar-refractivity contribution in [1.29, 1.82) is 0 Å². The quantitative estimate of drug-likeness (QED) is 0.277. The monoisotopic (exact) mass is 548 g/mol. The molecule has 31 heavy (non-hydrogen) atoms. The Morgan fingerprint density at radius 2 is 2.06 bits per heavy atom. The number of guanidine groups is 1. The highest BCUT2D eigenvalue weighted by Gasteiger charge is 2.27. The summed E-state index contributed by atoms with van der Waals surface area (Å²) in [6, 6.07) is 5.82. The number of hydrogen-bond acceptors (Lipinski definition) is 6. The number of nitrogens with one attached hydrogen (secondary N) is 1. The summed E-state index contributed by atoms with van der Waals surface area (Å²) in [4.78, 5) is 9.78. The molecule has 0 aromatic heterocycles. The van der Waals surface area contributed by atoms with E-state index in [0.29, 0.717) is 24.0 Å². The number of rotatable bonds is 9. The lowest BCUT2D eigenvalue weighted by Gasteiger charge is -2.29. The number of methoxy groups -OCH3 is 1. The fourth-order valence-corrected chi connectivity index (χ4v) is 4.00. The van der Waals surface area contributed by atoms with E-state index in [0.717, 1.165) is 64.0 Å². The molecule has 2 saturated heterocycles. The van der Waals surface area contributed by atoms with Gasteiger partial charge in [-0.3, -0.25) is 4.90 Å². The Morgan fingerprint density at radius 3 is 2.77 bits per heavy atom. The Hall–Kier alpha value is -1.30. The normalized spacial score (nSPS) is 19.8. The number of morpholine rings is 1. The van der Waals surface area contributed by atoms with Gasteiger partial charge in [-0.15, -0.1) is 24.0 Å². The predicted molar refractivity (Wildman–Crippen MR) is 133 cm³/mol. The highest BCUT2D eigenvalue weighted by molar-refractivity contribution is 14.0. The van der Waals surface area contributed by atoms with Crippen LogP contribution < -0.4 is 14.8 Å². The molecule has 0 bridgehead atoms. The molecule has 8 nitrogen and oxygen atoms in total. The van der Waals surface area contributed by atoms with Crippen LogP contribution in [-0.4, -0.2) is 93.7 Å². The fourth-order valence-electron chi connectivity index (χ4n) is 4.00. The smallest absolute Gasteiger partial charge is 0.194 e. The second-order valence-corrected chi connectivity index (χ2v) is 7.74. The maximum Gasteiger partial charge on any atom is 0.194 e. The minimum atomic E-state index is -0.0242. The summed E-state index contributed by atoms with van der Waals surface area (Å²) in [5.41, 5.74) is 1.06. The first-order valence-corrected chi connectivity index (χ1v) is 11.0. The first-order valence-electron chi connectivity index (χ1n) is 11.0. The molecule has 0 saturated carbocycles. The lowest BCUT2D eigenvalue weighted by Crippen LogP contribution is -2.42. The second kappa shape index (κ2) is 14.0. The molecule has 2 aliphatic heterocycles. The summed E-state index contributed by atoms with van der Waals surface area (Å²) < 4.78 is 16.4. The third-order valence-corrected chi connectivity index (χ3v) is 5.53. The molecule has 0 amide bonds. The zero-order valence-electron chi connectivity index (χ0n) is 18.7. The lowest BCUT2D eigenvalue weighted by atomic mass is 10.1. The van der Waals surface area contributed by atoms with Gasteiger partial charge in [0.25, 0.3) is 0 Å². The van der Waals surface area contributed by atoms with Gasteiger partial charge < -0.3 is 29.5 Å². The molecular formula is C22H37IN4O4. The van der Waals surface area contributed by atoms with Gasteiger partial charge in [-0.2, -0.15) is 0 Å². The minimum absolute atomic E-state index is 0. The number of ether oxygens (including phenoxy) is 3. The number of hydrogen-bond donors (Lipinski definition) is 2. The summed E-state index contributed by atoms with van der Waals surface area (Å²) in [5.74, 6) is 2.95. The van der Waals surface area contributed by atoms with Gasteiger partial charge in [0.2, 0.25) is 0 Å². The summed E-state index contributed by atoms with van der Waals surface area (Å²) in [6.07, 6.45) is 1.20. The summed E-state index contributed by atoms with van der Waals surface area (Å²) in [7, 11) is 1.62. The second-order valence-electron chi connectivity index (χ2n) is 7.74. The van der Waals surface area contributed by atoms with E-state index in [1.807, 2.05) is 18.2 Å². The summed E-state index contributed by atoms with van der Waals surface area (Å²) in [6.45, 7) is 10.8. The number of likely N-dealkylation sites (tertiary alicyclic amines) is 1. The molecule has 176 valence electrons. The Labute approximate surface area is 203 Å². The zero-order valence-corrected chi connectivity index (χ0v) is 21.0. The molecule has 2 N–H and O–H groups in total. The van der Waals surface area contributed by atoms with Gasteiger partial charge in [0.15, 0.2) is 17.5 Å². The van der Waals surface area contributed by atoms with Crippen LogP contribution in [0.4, 0.5) is 0 Å². The predicted octanol–water partition coefficient (Wildman–Crippen LogP) is 1.80. The van der Waals surface area contributed by atoms with Gasteiger partial charge in [0.05, 0.1) is 33.5 Å². The molecule has 1 aromatic rings. The third kappa shape index (κ3) is 7.96. The fraction of sp³-hybridized carbons (Fsp3) is 0.682. The van der Waals surface area contributed by atoms with Crippen LogP contribution in [0.1, 0.15) is 18.9 Å². The average Bonchev–Trinajstić information content (AvgIpc) is 3.24. The number of halogens is 1. The van der Waals surface area contributed by atoms with Crippen molar-refractivity contribution in [1.82, 2.24) is 15.1 Å². The molecule has 2 fully saturated rings. The highest BCUT2D eigenvalue weighted by Crippen LogP contribution is 2.28. The van der Waals surface area contributed by atoms with Crippen molar-refractivity contribution in [3.63, 3.8) is 0 Å². The van der Waals surface area contributed by atoms with Gasteiger partial charge in [0.1, 0.15) is 6.61 Å². The third-order valence-electron chi connectivity index (χ3n) is 5.53. The van der Waals surface area contributed by atoms with Crippen LogP contribution in [0.5, 0.6) is 11.5 Å². The van der Waals surface area contributed by atoms with Crippen molar-refractivity contribution in [2.75, 3.05) is 72.8 Å². The molecule has 2 aliphatic rings. The van der Waals surface area contributed by atoms with Gasteiger partial charge in [-0.05, 0) is 37.0 Å². The van der Waals surface area contributed by atoms with E-state index >= 15 is 0 Å². The van der Waals surface area contributed by atoms with E-state index in [1.165, 1.54) is 6.42 Å². The van der Waals surface area contributed by atoms with E-state index in [4.69, 9.17) is 24.3 Å². The molecule has 0 spiro atoms. The van der Waals surface area contributed by atoms with Crippen LogP contribution in [0, 0.1) is 5.92 Å². The van der Waals surface area contributed by atoms with Crippen LogP contribution in [-0.2, 0) is 11.3 Å². The molecule has 3 rings (SSSR count). The van der Waals surface area contributed by atoms with Gasteiger partial charge in [0, 0.05) is 39.3 Å². The van der Waals surface area contributed by atoms with E-state index in [9.17, 15) is 0 Å². The highest BCUT2D eigenvalue weighted by atomic mass is 127. The zero-order chi connectivity index (χ0) is 21.2. The topological polar surface area (TPSA) is 78.8 Å². The number of aliphatic imine (C=N–C) groups is 1. The number of benzene rings is 1.